The number of nitrogens with zero attached hydrogens (tertiary/aromatic N) is 1. The van der Waals surface area contributed by atoms with E-state index < -0.39 is 0 Å². The summed E-state index contributed by atoms with van der Waals surface area (Å²) in [7, 11) is 0. The van der Waals surface area contributed by atoms with Crippen molar-refractivity contribution in [2.75, 3.05) is 0 Å². The van der Waals surface area contributed by atoms with Gasteiger partial charge in [-0.1, -0.05) is 43.5 Å². The fourth-order valence-corrected chi connectivity index (χ4v) is 3.73. The van der Waals surface area contributed by atoms with E-state index in [1.54, 1.807) is 0 Å². The van der Waals surface area contributed by atoms with E-state index in [-0.39, 0.29) is 0 Å². The molecule has 0 bridgehead atoms. The minimum atomic E-state index is 0.720. The van der Waals surface area contributed by atoms with Crippen molar-refractivity contribution >= 4 is 11.3 Å². The van der Waals surface area contributed by atoms with Crippen molar-refractivity contribution in [2.45, 2.75) is 38.0 Å². The minimum absolute atomic E-state index is 0.720. The molecule has 1 saturated carbocycles. The van der Waals surface area contributed by atoms with E-state index in [0.29, 0.717) is 0 Å². The maximum atomic E-state index is 9.15. The van der Waals surface area contributed by atoms with Gasteiger partial charge in [0.15, 0.2) is 0 Å². The van der Waals surface area contributed by atoms with E-state index in [4.69, 9.17) is 5.26 Å². The van der Waals surface area contributed by atoms with Crippen LogP contribution in [0.1, 0.15) is 48.5 Å². The van der Waals surface area contributed by atoms with Gasteiger partial charge in [-0.15, -0.1) is 11.3 Å². The van der Waals surface area contributed by atoms with Crippen LogP contribution in [0.3, 0.4) is 0 Å². The van der Waals surface area contributed by atoms with E-state index in [2.05, 4.69) is 36.4 Å². The Labute approximate surface area is 118 Å². The van der Waals surface area contributed by atoms with Crippen LogP contribution in [-0.2, 0) is 0 Å². The molecule has 0 aliphatic heterocycles. The molecule has 0 atom stereocenters. The maximum Gasteiger partial charge on any atom is 0.112 e. The molecule has 1 aromatic heterocycles. The van der Waals surface area contributed by atoms with E-state index in [1.165, 1.54) is 54.6 Å². The summed E-state index contributed by atoms with van der Waals surface area (Å²) in [5.41, 5.74) is 3.73. The summed E-state index contributed by atoms with van der Waals surface area (Å²) in [5, 5.41) is 11.1. The van der Waals surface area contributed by atoms with Gasteiger partial charge in [0, 0.05) is 5.56 Å². The number of hydrogen-bond acceptors (Lipinski definition) is 2. The van der Waals surface area contributed by atoms with Gasteiger partial charge in [0.05, 0.1) is 0 Å². The first-order valence-corrected chi connectivity index (χ1v) is 7.84. The number of hydrogen-bond donors (Lipinski definition) is 0. The van der Waals surface area contributed by atoms with Gasteiger partial charge >= 0.3 is 0 Å². The Balaban J connectivity index is 1.94. The Bertz CT molecular complexity index is 600. The second-order valence-corrected chi connectivity index (χ2v) is 6.15. The molecule has 1 heterocycles. The largest absolute Gasteiger partial charge is 0.192 e. The van der Waals surface area contributed by atoms with Crippen molar-refractivity contribution in [2.24, 2.45) is 0 Å². The van der Waals surface area contributed by atoms with Gasteiger partial charge < -0.3 is 0 Å². The van der Waals surface area contributed by atoms with Crippen LogP contribution in [0.4, 0.5) is 0 Å². The number of benzene rings is 1. The molecule has 1 nitrogen and oxygen atoms in total. The number of thiophene rings is 1. The van der Waals surface area contributed by atoms with E-state index in [0.717, 1.165) is 16.4 Å². The Morgan fingerprint density at radius 1 is 1.11 bits per heavy atom. The van der Waals surface area contributed by atoms with Crippen LogP contribution in [-0.4, -0.2) is 0 Å². The Hall–Kier alpha value is -1.59. The van der Waals surface area contributed by atoms with Gasteiger partial charge in [-0.25, -0.2) is 0 Å². The Morgan fingerprint density at radius 3 is 2.74 bits per heavy atom. The smallest absolute Gasteiger partial charge is 0.112 e. The third-order valence-electron chi connectivity index (χ3n) is 4.04. The molecule has 0 saturated heterocycles. The van der Waals surface area contributed by atoms with Crippen LogP contribution in [0.15, 0.2) is 35.7 Å². The molecule has 1 aliphatic rings. The van der Waals surface area contributed by atoms with Crippen LogP contribution in [0.25, 0.3) is 11.1 Å². The van der Waals surface area contributed by atoms with Gasteiger partial charge in [0.25, 0.3) is 0 Å². The topological polar surface area (TPSA) is 23.8 Å². The second kappa shape index (κ2) is 5.59. The molecule has 2 heteroatoms. The summed E-state index contributed by atoms with van der Waals surface area (Å²) in [6, 6.07) is 13.1. The lowest BCUT2D eigenvalue weighted by Crippen LogP contribution is -2.04. The Morgan fingerprint density at radius 2 is 1.95 bits per heavy atom. The van der Waals surface area contributed by atoms with Crippen LogP contribution in [0, 0.1) is 11.3 Å². The molecular formula is C17H17NS. The highest BCUT2D eigenvalue weighted by atomic mass is 32.1. The molecule has 0 unspecified atom stereocenters. The molecular weight excluding hydrogens is 250 g/mol. The molecule has 1 fully saturated rings. The molecule has 2 aromatic rings. The number of rotatable bonds is 2. The minimum Gasteiger partial charge on any atom is -0.192 e. The SMILES string of the molecule is N#Cc1sccc1-c1cccc(C2CCCCC2)c1. The van der Waals surface area contributed by atoms with Gasteiger partial charge in [0.2, 0.25) is 0 Å². The molecule has 1 aromatic carbocycles. The first-order chi connectivity index (χ1) is 9.38. The van der Waals surface area contributed by atoms with E-state index in [1.807, 2.05) is 5.38 Å². The lowest BCUT2D eigenvalue weighted by molar-refractivity contribution is 0.444. The summed E-state index contributed by atoms with van der Waals surface area (Å²) in [6.45, 7) is 0. The maximum absolute atomic E-state index is 9.15. The summed E-state index contributed by atoms with van der Waals surface area (Å²) in [4.78, 5) is 0.820. The van der Waals surface area contributed by atoms with Crippen molar-refractivity contribution in [3.63, 3.8) is 0 Å². The first kappa shape index (κ1) is 12.4. The fraction of sp³-hybridized carbons (Fsp3) is 0.353. The van der Waals surface area contributed by atoms with Crippen molar-refractivity contribution < 1.29 is 0 Å². The highest BCUT2D eigenvalue weighted by Crippen LogP contribution is 2.35. The van der Waals surface area contributed by atoms with Crippen LogP contribution in [0.5, 0.6) is 0 Å². The van der Waals surface area contributed by atoms with Crippen LogP contribution < -0.4 is 0 Å². The molecule has 0 amide bonds. The zero-order valence-electron chi connectivity index (χ0n) is 10.9. The van der Waals surface area contributed by atoms with Crippen LogP contribution >= 0.6 is 11.3 Å². The molecule has 3 rings (SSSR count). The average molecular weight is 267 g/mol. The molecule has 0 radical (unpaired) electrons. The highest BCUT2D eigenvalue weighted by Gasteiger charge is 2.16. The molecule has 19 heavy (non-hydrogen) atoms. The quantitative estimate of drug-likeness (QED) is 0.721. The van der Waals surface area contributed by atoms with Crippen molar-refractivity contribution in [1.29, 1.82) is 5.26 Å². The second-order valence-electron chi connectivity index (χ2n) is 5.24. The van der Waals surface area contributed by atoms with Gasteiger partial charge in [0.1, 0.15) is 10.9 Å². The summed E-state index contributed by atoms with van der Waals surface area (Å²) in [5.74, 6) is 0.720. The third-order valence-corrected chi connectivity index (χ3v) is 4.86. The highest BCUT2D eigenvalue weighted by molar-refractivity contribution is 7.11. The fourth-order valence-electron chi connectivity index (χ4n) is 3.02. The van der Waals surface area contributed by atoms with Crippen LogP contribution in [0.2, 0.25) is 0 Å². The lowest BCUT2D eigenvalue weighted by atomic mass is 9.83. The van der Waals surface area contributed by atoms with E-state index >= 15 is 0 Å². The average Bonchev–Trinajstić information content (AvgIpc) is 2.97. The number of nitriles is 1. The Kier molecular flexibility index (Phi) is 3.66. The van der Waals surface area contributed by atoms with Crippen molar-refractivity contribution in [3.05, 3.63) is 46.2 Å². The monoisotopic (exact) mass is 267 g/mol. The zero-order valence-corrected chi connectivity index (χ0v) is 11.7. The normalized spacial score (nSPS) is 16.2. The standard InChI is InChI=1S/C17H17NS/c18-12-17-16(9-10-19-17)15-8-4-7-14(11-15)13-5-2-1-3-6-13/h4,7-11,13H,1-3,5-6H2. The van der Waals surface area contributed by atoms with Crippen molar-refractivity contribution in [1.82, 2.24) is 0 Å². The predicted molar refractivity (Wildman–Crippen MR) is 80.3 cm³/mol. The molecule has 96 valence electrons. The van der Waals surface area contributed by atoms with Gasteiger partial charge in [-0.3, -0.25) is 0 Å². The zero-order chi connectivity index (χ0) is 13.1. The summed E-state index contributed by atoms with van der Waals surface area (Å²) < 4.78 is 0. The summed E-state index contributed by atoms with van der Waals surface area (Å²) >= 11 is 1.52. The first-order valence-electron chi connectivity index (χ1n) is 6.96. The molecule has 0 spiro atoms. The van der Waals surface area contributed by atoms with E-state index in [9.17, 15) is 0 Å². The van der Waals surface area contributed by atoms with Crippen molar-refractivity contribution in [3.8, 4) is 17.2 Å². The summed E-state index contributed by atoms with van der Waals surface area (Å²) in [6.07, 6.45) is 6.74. The predicted octanol–water partition coefficient (Wildman–Crippen LogP) is 5.33. The van der Waals surface area contributed by atoms with Gasteiger partial charge in [-0.05, 0) is 41.3 Å². The lowest BCUT2D eigenvalue weighted by Gasteiger charge is -2.22. The molecule has 0 N–H and O–H groups in total. The molecule has 1 aliphatic carbocycles. The third kappa shape index (κ3) is 2.57. The van der Waals surface area contributed by atoms with Gasteiger partial charge in [-0.2, -0.15) is 5.26 Å².